The first-order valence-electron chi connectivity index (χ1n) is 11.6. The molecule has 1 atom stereocenters. The summed E-state index contributed by atoms with van der Waals surface area (Å²) in [7, 11) is 0. The number of anilines is 1. The minimum atomic E-state index is -4.71. The minimum Gasteiger partial charge on any atom is -0.392 e. The average Bonchev–Trinajstić information content (AvgIpc) is 3.25. The van der Waals surface area contributed by atoms with Crippen molar-refractivity contribution in [3.8, 4) is 6.07 Å². The van der Waals surface area contributed by atoms with Crippen LogP contribution in [0.15, 0.2) is 18.2 Å². The van der Waals surface area contributed by atoms with Crippen molar-refractivity contribution < 1.29 is 23.1 Å². The number of thiocarbonyl (C=S) groups is 1. The number of hydrogen-bond donors (Lipinski definition) is 1. The molecule has 0 radical (unpaired) electrons. The van der Waals surface area contributed by atoms with Gasteiger partial charge in [0.25, 0.3) is 5.91 Å². The molecule has 1 N–H and O–H groups in total. The Bertz CT molecular complexity index is 961. The van der Waals surface area contributed by atoms with E-state index in [-0.39, 0.29) is 22.8 Å². The largest absolute Gasteiger partial charge is 0.417 e. The van der Waals surface area contributed by atoms with E-state index in [1.807, 2.05) is 0 Å². The molecule has 1 amide bonds. The Kier molecular flexibility index (Phi) is 8.22. The smallest absolute Gasteiger partial charge is 0.392 e. The number of carbonyl (C=O) groups is 1. The molecule has 2 aliphatic rings. The van der Waals surface area contributed by atoms with E-state index in [2.05, 4.69) is 4.90 Å². The van der Waals surface area contributed by atoms with Gasteiger partial charge in [-0.25, -0.2) is 0 Å². The van der Waals surface area contributed by atoms with Gasteiger partial charge >= 0.3 is 6.18 Å². The maximum Gasteiger partial charge on any atom is 0.417 e. The molecule has 1 aromatic carbocycles. The number of alkyl halides is 3. The van der Waals surface area contributed by atoms with Crippen molar-refractivity contribution in [2.45, 2.75) is 70.2 Å². The van der Waals surface area contributed by atoms with E-state index in [0.717, 1.165) is 75.2 Å². The fourth-order valence-corrected chi connectivity index (χ4v) is 5.10. The van der Waals surface area contributed by atoms with Gasteiger partial charge in [0.15, 0.2) is 5.11 Å². The van der Waals surface area contributed by atoms with E-state index in [0.29, 0.717) is 6.54 Å². The number of β-amino-alcohol motifs (C(OH)–C–C–N with tert-alkyl or cyclic N) is 1. The summed E-state index contributed by atoms with van der Waals surface area (Å²) in [6, 6.07) is 4.78. The van der Waals surface area contributed by atoms with Gasteiger partial charge in [0.2, 0.25) is 0 Å². The molecule has 0 spiro atoms. The standard InChI is InChI=1S/C24H31F3N4O2S/c1-23(2)21(33)31(18-9-8-17(15-28)20(14-18)24(25,26)27)22(34)30(23)12-7-5-3-4-6-11-29-13-10-19(32)16-29/h8-9,14,19,32H,3-7,10-13,16H2,1-2H3. The molecule has 186 valence electrons. The number of benzene rings is 1. The van der Waals surface area contributed by atoms with Gasteiger partial charge in [-0.05, 0) is 70.1 Å². The topological polar surface area (TPSA) is 70.8 Å². The molecule has 1 unspecified atom stereocenters. The first kappa shape index (κ1) is 26.4. The third-order valence-corrected chi connectivity index (χ3v) is 7.02. The number of hydrogen-bond acceptors (Lipinski definition) is 5. The lowest BCUT2D eigenvalue weighted by Gasteiger charge is -2.29. The average molecular weight is 497 g/mol. The highest BCUT2D eigenvalue weighted by atomic mass is 32.1. The molecule has 0 saturated carbocycles. The van der Waals surface area contributed by atoms with Gasteiger partial charge in [0.05, 0.1) is 29.0 Å². The van der Waals surface area contributed by atoms with E-state index < -0.39 is 22.8 Å². The van der Waals surface area contributed by atoms with Crippen molar-refractivity contribution in [1.82, 2.24) is 9.80 Å². The number of nitrogens with zero attached hydrogens (tertiary/aromatic N) is 4. The molecule has 2 aliphatic heterocycles. The second-order valence-corrected chi connectivity index (χ2v) is 9.85. The molecular formula is C24H31F3N4O2S. The van der Waals surface area contributed by atoms with E-state index in [9.17, 15) is 23.1 Å². The molecule has 6 nitrogen and oxygen atoms in total. The lowest BCUT2D eigenvalue weighted by atomic mass is 10.0. The maximum atomic E-state index is 13.4. The van der Waals surface area contributed by atoms with Crippen molar-refractivity contribution in [3.63, 3.8) is 0 Å². The van der Waals surface area contributed by atoms with Crippen LogP contribution in [0.2, 0.25) is 0 Å². The van der Waals surface area contributed by atoms with Crippen LogP contribution in [-0.2, 0) is 11.0 Å². The quantitative estimate of drug-likeness (QED) is 0.406. The Morgan fingerprint density at radius 3 is 2.41 bits per heavy atom. The van der Waals surface area contributed by atoms with Crippen molar-refractivity contribution in [1.29, 1.82) is 5.26 Å². The number of likely N-dealkylation sites (tertiary alicyclic amines) is 1. The molecule has 2 saturated heterocycles. The Labute approximate surface area is 203 Å². The lowest BCUT2D eigenvalue weighted by Crippen LogP contribution is -2.44. The van der Waals surface area contributed by atoms with Crippen molar-refractivity contribution >= 4 is 28.9 Å². The van der Waals surface area contributed by atoms with E-state index >= 15 is 0 Å². The van der Waals surface area contributed by atoms with Gasteiger partial charge in [-0.1, -0.05) is 19.3 Å². The van der Waals surface area contributed by atoms with Crippen molar-refractivity contribution in [3.05, 3.63) is 29.3 Å². The second kappa shape index (κ2) is 10.6. The lowest BCUT2D eigenvalue weighted by molar-refractivity contribution is -0.137. The van der Waals surface area contributed by atoms with Crippen LogP contribution < -0.4 is 4.90 Å². The van der Waals surface area contributed by atoms with Crippen LogP contribution >= 0.6 is 12.2 Å². The second-order valence-electron chi connectivity index (χ2n) is 9.48. The van der Waals surface area contributed by atoms with Crippen LogP contribution in [0.25, 0.3) is 0 Å². The highest BCUT2D eigenvalue weighted by molar-refractivity contribution is 7.80. The number of amides is 1. The fourth-order valence-electron chi connectivity index (χ4n) is 4.59. The highest BCUT2D eigenvalue weighted by Gasteiger charge is 2.49. The Morgan fingerprint density at radius 1 is 1.18 bits per heavy atom. The first-order chi connectivity index (χ1) is 16.0. The summed E-state index contributed by atoms with van der Waals surface area (Å²) in [6.45, 7) is 6.69. The zero-order chi connectivity index (χ0) is 25.1. The predicted molar refractivity (Wildman–Crippen MR) is 127 cm³/mol. The van der Waals surface area contributed by atoms with Crippen LogP contribution in [0.3, 0.4) is 0 Å². The highest BCUT2D eigenvalue weighted by Crippen LogP contribution is 2.38. The first-order valence-corrected chi connectivity index (χ1v) is 12.1. The number of aliphatic hydroxyl groups is 1. The fraction of sp³-hybridized carbons (Fsp3) is 0.625. The summed E-state index contributed by atoms with van der Waals surface area (Å²) in [4.78, 5) is 18.3. The third kappa shape index (κ3) is 5.70. The van der Waals surface area contributed by atoms with Gasteiger partial charge in [-0.2, -0.15) is 18.4 Å². The number of halogens is 3. The summed E-state index contributed by atoms with van der Waals surface area (Å²) in [5.41, 5.74) is -2.53. The summed E-state index contributed by atoms with van der Waals surface area (Å²) >= 11 is 5.52. The van der Waals surface area contributed by atoms with Crippen LogP contribution in [0.4, 0.5) is 18.9 Å². The van der Waals surface area contributed by atoms with Gasteiger partial charge in [-0.15, -0.1) is 0 Å². The van der Waals surface area contributed by atoms with Crippen molar-refractivity contribution in [2.75, 3.05) is 31.1 Å². The van der Waals surface area contributed by atoms with E-state index in [1.54, 1.807) is 24.8 Å². The minimum absolute atomic E-state index is 0.0175. The van der Waals surface area contributed by atoms with Gasteiger partial charge < -0.3 is 14.9 Å². The molecule has 0 bridgehead atoms. The Morgan fingerprint density at radius 2 is 1.82 bits per heavy atom. The van der Waals surface area contributed by atoms with Crippen LogP contribution in [-0.4, -0.2) is 63.7 Å². The molecule has 2 fully saturated rings. The molecule has 0 aliphatic carbocycles. The van der Waals surface area contributed by atoms with Crippen LogP contribution in [0.1, 0.15) is 63.5 Å². The summed E-state index contributed by atoms with van der Waals surface area (Å²) < 4.78 is 40.2. The van der Waals surface area contributed by atoms with Gasteiger partial charge in [0.1, 0.15) is 5.54 Å². The van der Waals surface area contributed by atoms with Crippen LogP contribution in [0.5, 0.6) is 0 Å². The molecule has 2 heterocycles. The summed E-state index contributed by atoms with van der Waals surface area (Å²) in [6.07, 6.45) is 0.911. The number of carbonyl (C=O) groups excluding carboxylic acids is 1. The molecule has 34 heavy (non-hydrogen) atoms. The molecule has 0 aromatic heterocycles. The summed E-state index contributed by atoms with van der Waals surface area (Å²) in [5.74, 6) is -0.386. The zero-order valence-corrected chi connectivity index (χ0v) is 20.4. The molecule has 1 aromatic rings. The molecular weight excluding hydrogens is 465 g/mol. The molecule has 10 heteroatoms. The Hall–Kier alpha value is -2.22. The number of unbranched alkanes of at least 4 members (excludes halogenated alkanes) is 4. The van der Waals surface area contributed by atoms with Gasteiger partial charge in [0, 0.05) is 19.6 Å². The maximum absolute atomic E-state index is 13.4. The van der Waals surface area contributed by atoms with E-state index in [4.69, 9.17) is 17.5 Å². The van der Waals surface area contributed by atoms with Crippen molar-refractivity contribution in [2.24, 2.45) is 0 Å². The Balaban J connectivity index is 1.57. The number of rotatable bonds is 9. The monoisotopic (exact) mass is 496 g/mol. The van der Waals surface area contributed by atoms with Gasteiger partial charge in [-0.3, -0.25) is 9.69 Å². The number of nitriles is 1. The molecule has 3 rings (SSSR count). The third-order valence-electron chi connectivity index (χ3n) is 6.61. The predicted octanol–water partition coefficient (Wildman–Crippen LogP) is 4.31. The van der Waals surface area contributed by atoms with E-state index in [1.165, 1.54) is 6.07 Å². The van der Waals surface area contributed by atoms with Crippen LogP contribution in [0, 0.1) is 11.3 Å². The number of aliphatic hydroxyl groups excluding tert-OH is 1. The summed E-state index contributed by atoms with van der Waals surface area (Å²) in [5, 5.41) is 18.8. The normalized spacial score (nSPS) is 20.9. The SMILES string of the molecule is CC1(C)C(=O)N(c2ccc(C#N)c(C(F)(F)F)c2)C(=S)N1CCCCCCCN1CCC(O)C1. The zero-order valence-electron chi connectivity index (χ0n) is 19.6.